The van der Waals surface area contributed by atoms with Crippen LogP contribution in [-0.2, 0) is 9.26 Å². The summed E-state index contributed by atoms with van der Waals surface area (Å²) in [5.41, 5.74) is 0. The number of hydrogen-bond acceptors (Lipinski definition) is 4. The molecule has 0 atom stereocenters. The van der Waals surface area contributed by atoms with Crippen LogP contribution in [0.2, 0.25) is 0 Å². The van der Waals surface area contributed by atoms with E-state index in [0.717, 1.165) is 0 Å². The summed E-state index contributed by atoms with van der Waals surface area (Å²) in [5.74, 6) is 0.176. The number of hydrogen-bond donors (Lipinski definition) is 2. The van der Waals surface area contributed by atoms with Crippen LogP contribution < -0.4 is 0 Å². The second-order valence-corrected chi connectivity index (χ2v) is 1.52. The van der Waals surface area contributed by atoms with Gasteiger partial charge in [-0.05, 0) is 12.1 Å². The van der Waals surface area contributed by atoms with Crippen LogP contribution in [0, 0.1) is 0 Å². The summed E-state index contributed by atoms with van der Waals surface area (Å²) in [4.78, 5) is 8.00. The maximum absolute atomic E-state index is 8.65. The van der Waals surface area contributed by atoms with E-state index in [-0.39, 0.29) is 11.5 Å². The summed E-state index contributed by atoms with van der Waals surface area (Å²) in [7, 11) is 1.72. The van der Waals surface area contributed by atoms with Crippen molar-refractivity contribution in [3.05, 3.63) is 24.3 Å². The Hall–Kier alpha value is -1.49. The first-order valence-electron chi connectivity index (χ1n) is 2.76. The Morgan fingerprint density at radius 3 is 1.58 bits per heavy atom. The SMILES string of the molecule is C=O.O=[Si].Oc1cccc(O)c1. The van der Waals surface area contributed by atoms with E-state index in [4.69, 9.17) is 19.5 Å². The van der Waals surface area contributed by atoms with Crippen molar-refractivity contribution in [3.8, 4) is 11.5 Å². The van der Waals surface area contributed by atoms with E-state index in [1.54, 1.807) is 16.2 Å². The third kappa shape index (κ3) is 6.62. The number of aromatic hydroxyl groups is 2. The fraction of sp³-hybridized carbons (Fsp3) is 0. The van der Waals surface area contributed by atoms with E-state index in [1.807, 2.05) is 6.79 Å². The average Bonchev–Trinajstić information content (AvgIpc) is 2.11. The molecule has 0 saturated heterocycles. The molecule has 64 valence electrons. The highest BCUT2D eigenvalue weighted by Crippen LogP contribution is 2.14. The number of carbonyl (C=O) groups excluding carboxylic acids is 1. The minimum atomic E-state index is 0.0880. The van der Waals surface area contributed by atoms with Gasteiger partial charge in [0.2, 0.25) is 0 Å². The Morgan fingerprint density at radius 1 is 1.08 bits per heavy atom. The van der Waals surface area contributed by atoms with Gasteiger partial charge in [0, 0.05) is 6.07 Å². The van der Waals surface area contributed by atoms with E-state index in [0.29, 0.717) is 0 Å². The van der Waals surface area contributed by atoms with E-state index in [9.17, 15) is 0 Å². The molecule has 4 nitrogen and oxygen atoms in total. The molecule has 0 amide bonds. The van der Waals surface area contributed by atoms with Gasteiger partial charge in [0.15, 0.2) is 0 Å². The molecule has 0 saturated carbocycles. The Morgan fingerprint density at radius 2 is 1.42 bits per heavy atom. The van der Waals surface area contributed by atoms with Crippen molar-refractivity contribution in [2.45, 2.75) is 0 Å². The largest absolute Gasteiger partial charge is 0.508 e. The first-order valence-corrected chi connectivity index (χ1v) is 3.17. The summed E-state index contributed by atoms with van der Waals surface area (Å²) >= 11 is 0. The molecule has 0 fully saturated rings. The van der Waals surface area contributed by atoms with E-state index in [2.05, 4.69) is 0 Å². The summed E-state index contributed by atoms with van der Waals surface area (Å²) in [6.45, 7) is 2.00. The average molecular weight is 184 g/mol. The maximum atomic E-state index is 8.65. The van der Waals surface area contributed by atoms with Gasteiger partial charge in [-0.25, -0.2) is 0 Å². The predicted molar refractivity (Wildman–Crippen MR) is 43.3 cm³/mol. The third-order valence-electron chi connectivity index (χ3n) is 0.830. The van der Waals surface area contributed by atoms with E-state index < -0.39 is 0 Å². The predicted octanol–water partition coefficient (Wildman–Crippen LogP) is 0.413. The van der Waals surface area contributed by atoms with Crippen LogP contribution in [0.4, 0.5) is 0 Å². The first kappa shape index (κ1) is 13.1. The zero-order chi connectivity index (χ0) is 9.98. The lowest BCUT2D eigenvalue weighted by atomic mass is 10.3. The van der Waals surface area contributed by atoms with Crippen molar-refractivity contribution in [1.82, 2.24) is 0 Å². The number of phenolic OH excluding ortho intramolecular Hbond substituents is 2. The van der Waals surface area contributed by atoms with Gasteiger partial charge in [-0.3, -0.25) is 0 Å². The van der Waals surface area contributed by atoms with Crippen LogP contribution >= 0.6 is 0 Å². The van der Waals surface area contributed by atoms with Crippen molar-refractivity contribution < 1.29 is 19.5 Å². The van der Waals surface area contributed by atoms with Gasteiger partial charge in [-0.1, -0.05) is 6.07 Å². The minimum Gasteiger partial charge on any atom is -0.508 e. The van der Waals surface area contributed by atoms with Crippen LogP contribution in [-0.4, -0.2) is 27.1 Å². The van der Waals surface area contributed by atoms with Crippen LogP contribution in [0.25, 0.3) is 0 Å². The molecule has 0 aliphatic heterocycles. The summed E-state index contributed by atoms with van der Waals surface area (Å²) in [6.07, 6.45) is 0. The third-order valence-corrected chi connectivity index (χ3v) is 0.830. The maximum Gasteiger partial charge on any atom is 0.381 e. The van der Waals surface area contributed by atoms with Crippen molar-refractivity contribution in [1.29, 1.82) is 0 Å². The molecule has 0 unspecified atom stereocenters. The van der Waals surface area contributed by atoms with E-state index >= 15 is 0 Å². The number of benzene rings is 1. The topological polar surface area (TPSA) is 74.6 Å². The van der Waals surface area contributed by atoms with Gasteiger partial charge in [0.05, 0.1) is 0 Å². The Balaban J connectivity index is 0. The molecular weight excluding hydrogens is 176 g/mol. The summed E-state index contributed by atoms with van der Waals surface area (Å²) in [6, 6.07) is 5.85. The lowest BCUT2D eigenvalue weighted by Gasteiger charge is -1.89. The van der Waals surface area contributed by atoms with Crippen molar-refractivity contribution in [2.24, 2.45) is 0 Å². The van der Waals surface area contributed by atoms with Gasteiger partial charge >= 0.3 is 10.1 Å². The molecule has 2 radical (unpaired) electrons. The quantitative estimate of drug-likeness (QED) is 0.573. The zero-order valence-corrected chi connectivity index (χ0v) is 7.23. The van der Waals surface area contributed by atoms with Crippen LogP contribution in [0.3, 0.4) is 0 Å². The highest BCUT2D eigenvalue weighted by atomic mass is 28.1. The van der Waals surface area contributed by atoms with Crippen molar-refractivity contribution in [2.75, 3.05) is 0 Å². The Kier molecular flexibility index (Phi) is 10.4. The normalized spacial score (nSPS) is 6.67. The number of carbonyl (C=O) groups is 1. The lowest BCUT2D eigenvalue weighted by Crippen LogP contribution is -1.61. The van der Waals surface area contributed by atoms with Crippen LogP contribution in [0.5, 0.6) is 11.5 Å². The molecule has 1 aromatic carbocycles. The standard InChI is InChI=1S/C6H6O2.CH2O.OSi/c7-5-2-1-3-6(8)4-5;2*1-2/h1-4,7-8H;1H2;. The fourth-order valence-electron chi connectivity index (χ4n) is 0.493. The second-order valence-electron chi connectivity index (χ2n) is 1.52. The zero-order valence-electron chi connectivity index (χ0n) is 6.23. The summed E-state index contributed by atoms with van der Waals surface area (Å²) in [5, 5.41) is 17.3. The molecule has 0 spiro atoms. The van der Waals surface area contributed by atoms with Crippen molar-refractivity contribution >= 4 is 16.9 Å². The molecule has 0 heterocycles. The highest BCUT2D eigenvalue weighted by Gasteiger charge is 1.85. The monoisotopic (exact) mass is 184 g/mol. The Labute approximate surface area is 73.0 Å². The molecular formula is C7H8O4Si. The highest BCUT2D eigenvalue weighted by molar-refractivity contribution is 5.85. The first-order chi connectivity index (χ1) is 5.79. The van der Waals surface area contributed by atoms with Gasteiger partial charge in [0.1, 0.15) is 18.3 Å². The molecule has 0 aromatic heterocycles. The number of phenols is 2. The molecule has 12 heavy (non-hydrogen) atoms. The Bertz CT molecular complexity index is 197. The molecule has 2 N–H and O–H groups in total. The molecule has 0 aliphatic carbocycles. The van der Waals surface area contributed by atoms with Crippen LogP contribution in [0.15, 0.2) is 24.3 Å². The second kappa shape index (κ2) is 9.51. The smallest absolute Gasteiger partial charge is 0.381 e. The van der Waals surface area contributed by atoms with E-state index in [1.165, 1.54) is 18.2 Å². The van der Waals surface area contributed by atoms with Gasteiger partial charge in [-0.15, -0.1) is 0 Å². The lowest BCUT2D eigenvalue weighted by molar-refractivity contribution is -0.0979. The van der Waals surface area contributed by atoms with Crippen molar-refractivity contribution in [3.63, 3.8) is 0 Å². The molecule has 0 aliphatic rings. The summed E-state index contributed by atoms with van der Waals surface area (Å²) < 4.78 is 8.06. The van der Waals surface area contributed by atoms with Gasteiger partial charge in [0.25, 0.3) is 0 Å². The molecule has 1 rings (SSSR count). The van der Waals surface area contributed by atoms with Gasteiger partial charge < -0.3 is 19.5 Å². The number of rotatable bonds is 0. The van der Waals surface area contributed by atoms with Crippen LogP contribution in [0.1, 0.15) is 0 Å². The molecule has 5 heteroatoms. The molecule has 1 aromatic rings. The molecule has 0 bridgehead atoms. The fourth-order valence-corrected chi connectivity index (χ4v) is 0.493. The minimum absolute atomic E-state index is 0.0880. The van der Waals surface area contributed by atoms with Gasteiger partial charge in [-0.2, -0.15) is 0 Å².